The van der Waals surface area contributed by atoms with Gasteiger partial charge in [-0.05, 0) is 11.6 Å². The summed E-state index contributed by atoms with van der Waals surface area (Å²) >= 11 is 11.1. The topological polar surface area (TPSA) is 0 Å². The molecule has 0 amide bonds. The lowest BCUT2D eigenvalue weighted by atomic mass is 10.1. The van der Waals surface area contributed by atoms with Gasteiger partial charge in [-0.3, -0.25) is 0 Å². The minimum atomic E-state index is -0.279. The summed E-state index contributed by atoms with van der Waals surface area (Å²) in [5, 5.41) is 0. The molecule has 0 aliphatic rings. The molecule has 0 nitrogen and oxygen atoms in total. The van der Waals surface area contributed by atoms with Crippen LogP contribution in [0.5, 0.6) is 0 Å². The minimum absolute atomic E-state index is 0.175. The van der Waals surface area contributed by atoms with E-state index in [9.17, 15) is 4.39 Å². The molecule has 0 saturated carbocycles. The molecule has 1 aromatic rings. The summed E-state index contributed by atoms with van der Waals surface area (Å²) in [6.07, 6.45) is 0. The van der Waals surface area contributed by atoms with E-state index in [1.165, 1.54) is 6.07 Å². The fraction of sp³-hybridized carbons (Fsp3) is 0.250. The summed E-state index contributed by atoms with van der Waals surface area (Å²) in [4.78, 5) is 0. The van der Waals surface area contributed by atoms with Crippen molar-refractivity contribution in [2.24, 2.45) is 0 Å². The van der Waals surface area contributed by atoms with Gasteiger partial charge in [0.15, 0.2) is 0 Å². The number of alkyl halides is 2. The van der Waals surface area contributed by atoms with Crippen LogP contribution in [-0.2, 0) is 11.8 Å². The van der Waals surface area contributed by atoms with E-state index in [2.05, 4.69) is 0 Å². The largest absolute Gasteiger partial charge is 0.207 e. The second-order valence-electron chi connectivity index (χ2n) is 2.14. The molecule has 0 atom stereocenters. The average molecular weight is 193 g/mol. The van der Waals surface area contributed by atoms with Crippen molar-refractivity contribution < 1.29 is 4.39 Å². The Hall–Kier alpha value is -0.270. The van der Waals surface area contributed by atoms with Crippen molar-refractivity contribution in [3.05, 3.63) is 35.1 Å². The molecule has 0 aliphatic heterocycles. The van der Waals surface area contributed by atoms with Gasteiger partial charge < -0.3 is 0 Å². The average Bonchev–Trinajstić information content (AvgIpc) is 2.04. The molecule has 0 aliphatic carbocycles. The molecule has 0 radical (unpaired) electrons. The minimum Gasteiger partial charge on any atom is -0.207 e. The molecular weight excluding hydrogens is 186 g/mol. The first kappa shape index (κ1) is 8.82. The molecule has 0 unspecified atom stereocenters. The van der Waals surface area contributed by atoms with Crippen molar-refractivity contribution in [3.8, 4) is 0 Å². The molecule has 0 fully saturated rings. The van der Waals surface area contributed by atoms with E-state index in [0.717, 1.165) is 5.56 Å². The lowest BCUT2D eigenvalue weighted by Crippen LogP contribution is -1.92. The predicted octanol–water partition coefficient (Wildman–Crippen LogP) is 3.30. The third-order valence-electron chi connectivity index (χ3n) is 1.49. The van der Waals surface area contributed by atoms with Gasteiger partial charge in [0, 0.05) is 11.4 Å². The van der Waals surface area contributed by atoms with Gasteiger partial charge in [0.25, 0.3) is 0 Å². The van der Waals surface area contributed by atoms with E-state index in [1.807, 2.05) is 0 Å². The Kier molecular flexibility index (Phi) is 3.16. The van der Waals surface area contributed by atoms with Crippen LogP contribution in [0.2, 0.25) is 0 Å². The van der Waals surface area contributed by atoms with E-state index < -0.39 is 0 Å². The predicted molar refractivity (Wildman–Crippen MR) is 45.5 cm³/mol. The van der Waals surface area contributed by atoms with Crippen LogP contribution in [0.25, 0.3) is 0 Å². The van der Waals surface area contributed by atoms with Crippen LogP contribution in [0.3, 0.4) is 0 Å². The van der Waals surface area contributed by atoms with E-state index in [1.54, 1.807) is 12.1 Å². The number of halogens is 3. The van der Waals surface area contributed by atoms with E-state index >= 15 is 0 Å². The normalized spacial score (nSPS) is 10.1. The highest BCUT2D eigenvalue weighted by molar-refractivity contribution is 6.18. The maximum absolute atomic E-state index is 12.9. The number of hydrogen-bond acceptors (Lipinski definition) is 0. The van der Waals surface area contributed by atoms with Crippen molar-refractivity contribution in [2.45, 2.75) is 11.8 Å². The fourth-order valence-corrected chi connectivity index (χ4v) is 1.43. The van der Waals surface area contributed by atoms with Crippen LogP contribution in [0.15, 0.2) is 18.2 Å². The van der Waals surface area contributed by atoms with Crippen LogP contribution >= 0.6 is 23.2 Å². The smallest absolute Gasteiger partial charge is 0.127 e. The Morgan fingerprint density at radius 1 is 1.18 bits per heavy atom. The highest BCUT2D eigenvalue weighted by Gasteiger charge is 2.04. The third-order valence-corrected chi connectivity index (χ3v) is 2.05. The molecule has 60 valence electrons. The first-order valence-corrected chi connectivity index (χ1v) is 4.24. The molecule has 11 heavy (non-hydrogen) atoms. The van der Waals surface area contributed by atoms with Crippen molar-refractivity contribution in [3.63, 3.8) is 0 Å². The maximum atomic E-state index is 12.9. The van der Waals surface area contributed by atoms with Gasteiger partial charge in [0.2, 0.25) is 0 Å². The van der Waals surface area contributed by atoms with E-state index in [4.69, 9.17) is 23.2 Å². The summed E-state index contributed by atoms with van der Waals surface area (Å²) in [7, 11) is 0. The van der Waals surface area contributed by atoms with Crippen molar-refractivity contribution in [1.82, 2.24) is 0 Å². The number of rotatable bonds is 2. The Bertz CT molecular complexity index is 248. The van der Waals surface area contributed by atoms with Gasteiger partial charge in [-0.1, -0.05) is 12.1 Å². The van der Waals surface area contributed by atoms with Crippen LogP contribution in [-0.4, -0.2) is 0 Å². The van der Waals surface area contributed by atoms with Crippen LogP contribution in [0.4, 0.5) is 4.39 Å². The second-order valence-corrected chi connectivity index (χ2v) is 2.68. The Morgan fingerprint density at radius 2 is 1.91 bits per heavy atom. The Balaban J connectivity index is 3.13. The monoisotopic (exact) mass is 192 g/mol. The Labute approximate surface area is 74.9 Å². The first-order chi connectivity index (χ1) is 5.29. The van der Waals surface area contributed by atoms with Crippen molar-refractivity contribution >= 4 is 23.2 Å². The van der Waals surface area contributed by atoms with Gasteiger partial charge >= 0.3 is 0 Å². The molecule has 0 heterocycles. The summed E-state index contributed by atoms with van der Waals surface area (Å²) in [6.45, 7) is 0. The summed E-state index contributed by atoms with van der Waals surface area (Å²) in [5.74, 6) is 0.201. The molecule has 0 saturated heterocycles. The molecular formula is C8H7Cl2F. The molecule has 0 aromatic heterocycles. The maximum Gasteiger partial charge on any atom is 0.127 e. The summed E-state index contributed by atoms with van der Waals surface area (Å²) < 4.78 is 12.9. The standard InChI is InChI=1S/C8H7Cl2F/c9-4-6-2-1-3-8(11)7(6)5-10/h1-3H,4-5H2. The van der Waals surface area contributed by atoms with Crippen LogP contribution in [0, 0.1) is 5.82 Å². The fourth-order valence-electron chi connectivity index (χ4n) is 0.878. The molecule has 0 spiro atoms. The van der Waals surface area contributed by atoms with Crippen molar-refractivity contribution in [1.29, 1.82) is 0 Å². The van der Waals surface area contributed by atoms with Gasteiger partial charge in [0.1, 0.15) is 5.82 Å². The quantitative estimate of drug-likeness (QED) is 0.632. The number of hydrogen-bond donors (Lipinski definition) is 0. The second kappa shape index (κ2) is 3.93. The zero-order chi connectivity index (χ0) is 8.27. The molecule has 0 N–H and O–H groups in total. The zero-order valence-corrected chi connectivity index (χ0v) is 7.29. The Morgan fingerprint density at radius 3 is 2.36 bits per heavy atom. The molecule has 1 rings (SSSR count). The SMILES string of the molecule is Fc1cccc(CCl)c1CCl. The highest BCUT2D eigenvalue weighted by atomic mass is 35.5. The first-order valence-electron chi connectivity index (χ1n) is 3.17. The zero-order valence-electron chi connectivity index (χ0n) is 5.78. The molecule has 0 bridgehead atoms. The molecule has 1 aromatic carbocycles. The van der Waals surface area contributed by atoms with Gasteiger partial charge in [0.05, 0.1) is 5.88 Å². The van der Waals surface area contributed by atoms with Gasteiger partial charge in [-0.25, -0.2) is 4.39 Å². The summed E-state index contributed by atoms with van der Waals surface area (Å²) in [5.41, 5.74) is 1.27. The van der Waals surface area contributed by atoms with Crippen LogP contribution < -0.4 is 0 Å². The van der Waals surface area contributed by atoms with Gasteiger partial charge in [-0.15, -0.1) is 23.2 Å². The third kappa shape index (κ3) is 1.85. The van der Waals surface area contributed by atoms with E-state index in [0.29, 0.717) is 11.4 Å². The van der Waals surface area contributed by atoms with E-state index in [-0.39, 0.29) is 11.7 Å². The molecule has 3 heteroatoms. The van der Waals surface area contributed by atoms with Gasteiger partial charge in [-0.2, -0.15) is 0 Å². The lowest BCUT2D eigenvalue weighted by Gasteiger charge is -2.03. The van der Waals surface area contributed by atoms with Crippen molar-refractivity contribution in [2.75, 3.05) is 0 Å². The summed E-state index contributed by atoms with van der Waals surface area (Å²) in [6, 6.07) is 4.78. The van der Waals surface area contributed by atoms with Crippen LogP contribution in [0.1, 0.15) is 11.1 Å². The number of benzene rings is 1. The highest BCUT2D eigenvalue weighted by Crippen LogP contribution is 2.17. The lowest BCUT2D eigenvalue weighted by molar-refractivity contribution is 0.615.